The molecular formula is C24H33N3O4S. The van der Waals surface area contributed by atoms with Crippen LogP contribution >= 0.6 is 0 Å². The lowest BCUT2D eigenvalue weighted by Gasteiger charge is -2.30. The van der Waals surface area contributed by atoms with Gasteiger partial charge in [-0.3, -0.25) is 9.69 Å². The number of methoxy groups -OCH3 is 1. The molecule has 7 nitrogen and oxygen atoms in total. The van der Waals surface area contributed by atoms with Gasteiger partial charge in [-0.15, -0.1) is 0 Å². The van der Waals surface area contributed by atoms with Crippen LogP contribution in [0.15, 0.2) is 53.4 Å². The number of carbonyl (C=O) groups is 1. The highest BCUT2D eigenvalue weighted by Crippen LogP contribution is 2.20. The van der Waals surface area contributed by atoms with E-state index in [1.165, 1.54) is 49.8 Å². The first-order valence-corrected chi connectivity index (χ1v) is 12.5. The second-order valence-electron chi connectivity index (χ2n) is 8.33. The van der Waals surface area contributed by atoms with E-state index in [0.29, 0.717) is 12.1 Å². The Kier molecular flexibility index (Phi) is 8.81. The summed E-state index contributed by atoms with van der Waals surface area (Å²) in [6, 6.07) is 14.1. The maximum absolute atomic E-state index is 12.6. The van der Waals surface area contributed by atoms with Gasteiger partial charge in [0.1, 0.15) is 0 Å². The lowest BCUT2D eigenvalue weighted by molar-refractivity contribution is 0.0950. The number of nitrogens with one attached hydrogen (secondary N) is 2. The summed E-state index contributed by atoms with van der Waals surface area (Å²) in [5, 5.41) is 2.96. The molecule has 1 saturated heterocycles. The molecule has 32 heavy (non-hydrogen) atoms. The quantitative estimate of drug-likeness (QED) is 0.534. The van der Waals surface area contributed by atoms with Gasteiger partial charge >= 0.3 is 0 Å². The predicted molar refractivity (Wildman–Crippen MR) is 125 cm³/mol. The SMILES string of the molecule is COCCNS(=O)(=O)c1ccc(C(=O)NCc2ccccc2CN2CCC(C)CC2)cc1. The van der Waals surface area contributed by atoms with Crippen LogP contribution in [0, 0.1) is 5.92 Å². The van der Waals surface area contributed by atoms with E-state index in [1.54, 1.807) is 0 Å². The van der Waals surface area contributed by atoms with Crippen LogP contribution < -0.4 is 10.0 Å². The largest absolute Gasteiger partial charge is 0.383 e. The molecule has 0 unspecified atom stereocenters. The second kappa shape index (κ2) is 11.6. The van der Waals surface area contributed by atoms with E-state index in [2.05, 4.69) is 27.9 Å². The standard InChI is InChI=1S/C24H33N3O4S/c1-19-11-14-27(15-12-19)18-22-6-4-3-5-21(22)17-25-24(28)20-7-9-23(10-8-20)32(29,30)26-13-16-31-2/h3-10,19,26H,11-18H2,1-2H3,(H,25,28). The Labute approximate surface area is 191 Å². The number of carbonyl (C=O) groups excluding carboxylic acids is 1. The molecular weight excluding hydrogens is 426 g/mol. The summed E-state index contributed by atoms with van der Waals surface area (Å²) >= 11 is 0. The van der Waals surface area contributed by atoms with Crippen LogP contribution in [-0.2, 0) is 27.8 Å². The molecule has 8 heteroatoms. The zero-order valence-electron chi connectivity index (χ0n) is 18.8. The van der Waals surface area contributed by atoms with E-state index in [4.69, 9.17) is 4.74 Å². The van der Waals surface area contributed by atoms with Crippen molar-refractivity contribution < 1.29 is 17.9 Å². The van der Waals surface area contributed by atoms with Crippen LogP contribution in [0.5, 0.6) is 0 Å². The van der Waals surface area contributed by atoms with Crippen molar-refractivity contribution in [1.29, 1.82) is 0 Å². The number of hydrogen-bond acceptors (Lipinski definition) is 5. The molecule has 1 amide bonds. The van der Waals surface area contributed by atoms with Crippen molar-refractivity contribution in [1.82, 2.24) is 14.9 Å². The summed E-state index contributed by atoms with van der Waals surface area (Å²) in [5.41, 5.74) is 2.75. The molecule has 0 bridgehead atoms. The molecule has 1 aliphatic rings. The Morgan fingerprint density at radius 2 is 1.72 bits per heavy atom. The lowest BCUT2D eigenvalue weighted by Crippen LogP contribution is -2.33. The second-order valence-corrected chi connectivity index (χ2v) is 10.1. The molecule has 0 atom stereocenters. The number of nitrogens with zero attached hydrogens (tertiary/aromatic N) is 1. The van der Waals surface area contributed by atoms with Gasteiger partial charge < -0.3 is 10.1 Å². The van der Waals surface area contributed by atoms with Gasteiger partial charge in [-0.1, -0.05) is 31.2 Å². The van der Waals surface area contributed by atoms with Crippen molar-refractivity contribution >= 4 is 15.9 Å². The molecule has 0 aromatic heterocycles. The number of piperidine rings is 1. The molecule has 1 heterocycles. The van der Waals surface area contributed by atoms with E-state index >= 15 is 0 Å². The molecule has 0 radical (unpaired) electrons. The van der Waals surface area contributed by atoms with E-state index in [0.717, 1.165) is 31.1 Å². The van der Waals surface area contributed by atoms with Gasteiger partial charge in [-0.25, -0.2) is 13.1 Å². The predicted octanol–water partition coefficient (Wildman–Crippen LogP) is 2.77. The number of likely N-dealkylation sites (tertiary alicyclic amines) is 1. The molecule has 0 saturated carbocycles. The van der Waals surface area contributed by atoms with Crippen LogP contribution in [-0.4, -0.2) is 52.6 Å². The number of ether oxygens (including phenoxy) is 1. The van der Waals surface area contributed by atoms with Crippen molar-refractivity contribution in [3.8, 4) is 0 Å². The number of rotatable bonds is 10. The maximum atomic E-state index is 12.6. The Morgan fingerprint density at radius 3 is 2.38 bits per heavy atom. The van der Waals surface area contributed by atoms with Crippen LogP contribution in [0.1, 0.15) is 41.3 Å². The zero-order valence-corrected chi connectivity index (χ0v) is 19.7. The molecule has 0 aliphatic carbocycles. The first-order chi connectivity index (χ1) is 15.4. The first kappa shape index (κ1) is 24.4. The molecule has 3 rings (SSSR count). The molecule has 1 fully saturated rings. The van der Waals surface area contributed by atoms with Crippen LogP contribution in [0.2, 0.25) is 0 Å². The fraction of sp³-hybridized carbons (Fsp3) is 0.458. The number of sulfonamides is 1. The summed E-state index contributed by atoms with van der Waals surface area (Å²) in [7, 11) is -2.11. The third kappa shape index (κ3) is 6.87. The van der Waals surface area contributed by atoms with E-state index in [9.17, 15) is 13.2 Å². The minimum Gasteiger partial charge on any atom is -0.383 e. The monoisotopic (exact) mass is 459 g/mol. The molecule has 2 N–H and O–H groups in total. The van der Waals surface area contributed by atoms with Crippen molar-refractivity contribution in [2.24, 2.45) is 5.92 Å². The van der Waals surface area contributed by atoms with Gasteiger partial charge in [0.25, 0.3) is 5.91 Å². The summed E-state index contributed by atoms with van der Waals surface area (Å²) in [6.45, 7) is 6.32. The van der Waals surface area contributed by atoms with Crippen LogP contribution in [0.3, 0.4) is 0 Å². The van der Waals surface area contributed by atoms with Gasteiger partial charge in [-0.2, -0.15) is 0 Å². The van der Waals surface area contributed by atoms with E-state index in [1.807, 2.05) is 18.2 Å². The molecule has 174 valence electrons. The third-order valence-electron chi connectivity index (χ3n) is 5.85. The Balaban J connectivity index is 1.58. The van der Waals surface area contributed by atoms with Crippen molar-refractivity contribution in [2.75, 3.05) is 33.4 Å². The van der Waals surface area contributed by atoms with Crippen LogP contribution in [0.4, 0.5) is 0 Å². The Morgan fingerprint density at radius 1 is 1.06 bits per heavy atom. The molecule has 2 aromatic carbocycles. The van der Waals surface area contributed by atoms with Crippen molar-refractivity contribution in [2.45, 2.75) is 37.8 Å². The minimum absolute atomic E-state index is 0.117. The molecule has 0 spiro atoms. The number of amides is 1. The van der Waals surface area contributed by atoms with E-state index < -0.39 is 10.0 Å². The molecule has 1 aliphatic heterocycles. The highest BCUT2D eigenvalue weighted by Gasteiger charge is 2.17. The van der Waals surface area contributed by atoms with E-state index in [-0.39, 0.29) is 24.0 Å². The fourth-order valence-corrected chi connectivity index (χ4v) is 4.78. The number of hydrogen-bond donors (Lipinski definition) is 2. The summed E-state index contributed by atoms with van der Waals surface area (Å²) in [5.74, 6) is 0.561. The highest BCUT2D eigenvalue weighted by atomic mass is 32.2. The summed E-state index contributed by atoms with van der Waals surface area (Å²) in [4.78, 5) is 15.2. The average Bonchev–Trinajstić information content (AvgIpc) is 2.80. The van der Waals surface area contributed by atoms with Gasteiger partial charge in [0, 0.05) is 32.3 Å². The number of benzene rings is 2. The van der Waals surface area contributed by atoms with Crippen LogP contribution in [0.25, 0.3) is 0 Å². The Hall–Kier alpha value is -2.26. The topological polar surface area (TPSA) is 87.7 Å². The molecule has 2 aromatic rings. The van der Waals surface area contributed by atoms with Crippen molar-refractivity contribution in [3.05, 3.63) is 65.2 Å². The fourth-order valence-electron chi connectivity index (χ4n) is 3.77. The third-order valence-corrected chi connectivity index (χ3v) is 7.33. The van der Waals surface area contributed by atoms with Gasteiger partial charge in [0.2, 0.25) is 10.0 Å². The van der Waals surface area contributed by atoms with Gasteiger partial charge in [-0.05, 0) is 67.2 Å². The average molecular weight is 460 g/mol. The summed E-state index contributed by atoms with van der Waals surface area (Å²) < 4.78 is 31.8. The van der Waals surface area contributed by atoms with Gasteiger partial charge in [0.05, 0.1) is 11.5 Å². The lowest BCUT2D eigenvalue weighted by atomic mass is 9.98. The normalized spacial score (nSPS) is 15.6. The first-order valence-electron chi connectivity index (χ1n) is 11.0. The maximum Gasteiger partial charge on any atom is 0.251 e. The van der Waals surface area contributed by atoms with Crippen molar-refractivity contribution in [3.63, 3.8) is 0 Å². The van der Waals surface area contributed by atoms with Gasteiger partial charge in [0.15, 0.2) is 0 Å². The smallest absolute Gasteiger partial charge is 0.251 e. The Bertz CT molecular complexity index is 985. The highest BCUT2D eigenvalue weighted by molar-refractivity contribution is 7.89. The minimum atomic E-state index is -3.62. The zero-order chi connectivity index (χ0) is 23.0. The summed E-state index contributed by atoms with van der Waals surface area (Å²) in [6.07, 6.45) is 2.46.